The fourth-order valence-corrected chi connectivity index (χ4v) is 2.82. The van der Waals surface area contributed by atoms with E-state index in [0.29, 0.717) is 6.42 Å². The van der Waals surface area contributed by atoms with Crippen molar-refractivity contribution in [1.82, 2.24) is 5.32 Å². The van der Waals surface area contributed by atoms with Crippen LogP contribution in [-0.4, -0.2) is 14.4 Å². The van der Waals surface area contributed by atoms with Crippen molar-refractivity contribution in [2.75, 3.05) is 6.54 Å². The molecule has 0 spiro atoms. The second kappa shape index (κ2) is 8.27. The van der Waals surface area contributed by atoms with Crippen molar-refractivity contribution in [3.05, 3.63) is 78.1 Å². The van der Waals surface area contributed by atoms with Gasteiger partial charge in [0, 0.05) is 11.6 Å². The van der Waals surface area contributed by atoms with E-state index in [0.717, 1.165) is 24.0 Å². The van der Waals surface area contributed by atoms with Crippen LogP contribution in [0.25, 0.3) is 0 Å². The predicted molar refractivity (Wildman–Crippen MR) is 99.9 cm³/mol. The van der Waals surface area contributed by atoms with Crippen LogP contribution in [0.2, 0.25) is 0 Å². The van der Waals surface area contributed by atoms with Crippen LogP contribution in [0.5, 0.6) is 0 Å². The number of hydrogen-bond donors (Lipinski definition) is 2. The molecule has 124 valence electrons. The molecule has 0 aromatic heterocycles. The van der Waals surface area contributed by atoms with E-state index in [2.05, 4.69) is 18.8 Å². The Bertz CT molecular complexity index is 654. The van der Waals surface area contributed by atoms with Crippen molar-refractivity contribution in [2.24, 2.45) is 5.73 Å². The molecule has 0 saturated carbocycles. The molecule has 0 unspecified atom stereocenters. The Labute approximate surface area is 145 Å². The molecule has 0 aliphatic rings. The Hall–Kier alpha value is -1.91. The molecule has 24 heavy (non-hydrogen) atoms. The standard InChI is InChI=1S/C20H24BFN2/c1-3-12-20(23,17-6-10-19(22)11-7-17)13-14-24-15(2)16-4-8-18(21)9-5-16/h3-11,15,24H,1,12-14,23H2,2H3/t15-,20+/m0/s1. The molecule has 0 fully saturated rings. The van der Waals surface area contributed by atoms with Gasteiger partial charge < -0.3 is 11.1 Å². The fraction of sp³-hybridized carbons (Fsp3) is 0.300. The van der Waals surface area contributed by atoms with E-state index in [1.54, 1.807) is 12.1 Å². The predicted octanol–water partition coefficient (Wildman–Crippen LogP) is 3.09. The minimum Gasteiger partial charge on any atom is -0.321 e. The molecule has 0 aliphatic carbocycles. The molecular formula is C20H24BFN2. The van der Waals surface area contributed by atoms with Crippen molar-refractivity contribution < 1.29 is 4.39 Å². The van der Waals surface area contributed by atoms with E-state index in [1.807, 2.05) is 30.3 Å². The van der Waals surface area contributed by atoms with E-state index in [4.69, 9.17) is 13.6 Å². The second-order valence-electron chi connectivity index (χ2n) is 6.25. The van der Waals surface area contributed by atoms with Gasteiger partial charge in [0.1, 0.15) is 13.7 Å². The molecule has 2 radical (unpaired) electrons. The van der Waals surface area contributed by atoms with Crippen LogP contribution >= 0.6 is 0 Å². The van der Waals surface area contributed by atoms with Crippen LogP contribution < -0.4 is 16.5 Å². The SMILES string of the molecule is [B]c1ccc([C@H](C)NCC[C@](N)(CC=C)c2ccc(F)cc2)cc1. The van der Waals surface area contributed by atoms with E-state index in [-0.39, 0.29) is 11.9 Å². The zero-order chi connectivity index (χ0) is 17.6. The lowest BCUT2D eigenvalue weighted by atomic mass is 9.84. The maximum Gasteiger partial charge on any atom is 0.123 e. The minimum atomic E-state index is -0.552. The minimum absolute atomic E-state index is 0.201. The summed E-state index contributed by atoms with van der Waals surface area (Å²) in [6, 6.07) is 14.4. The molecule has 2 aromatic carbocycles. The zero-order valence-electron chi connectivity index (χ0n) is 14.1. The lowest BCUT2D eigenvalue weighted by Crippen LogP contribution is -2.39. The summed E-state index contributed by atoms with van der Waals surface area (Å²) in [6.07, 6.45) is 3.17. The van der Waals surface area contributed by atoms with Gasteiger partial charge in [0.15, 0.2) is 0 Å². The maximum atomic E-state index is 13.2. The summed E-state index contributed by atoms with van der Waals surface area (Å²) in [5.74, 6) is -0.255. The summed E-state index contributed by atoms with van der Waals surface area (Å²) in [5.41, 5.74) is 8.88. The van der Waals surface area contributed by atoms with Gasteiger partial charge in [-0.1, -0.05) is 47.9 Å². The summed E-state index contributed by atoms with van der Waals surface area (Å²) in [4.78, 5) is 0. The van der Waals surface area contributed by atoms with Crippen molar-refractivity contribution in [2.45, 2.75) is 31.3 Å². The molecular weight excluding hydrogens is 298 g/mol. The summed E-state index contributed by atoms with van der Waals surface area (Å²) in [6.45, 7) is 6.65. The van der Waals surface area contributed by atoms with Crippen molar-refractivity contribution in [1.29, 1.82) is 0 Å². The molecule has 2 aromatic rings. The second-order valence-corrected chi connectivity index (χ2v) is 6.25. The lowest BCUT2D eigenvalue weighted by molar-refractivity contribution is 0.388. The Morgan fingerprint density at radius 3 is 2.42 bits per heavy atom. The molecule has 0 saturated heterocycles. The van der Waals surface area contributed by atoms with Gasteiger partial charge in [0.2, 0.25) is 0 Å². The van der Waals surface area contributed by atoms with Crippen LogP contribution in [-0.2, 0) is 5.54 Å². The van der Waals surface area contributed by atoms with E-state index >= 15 is 0 Å². The van der Waals surface area contributed by atoms with Crippen molar-refractivity contribution in [3.63, 3.8) is 0 Å². The highest BCUT2D eigenvalue weighted by molar-refractivity contribution is 6.32. The molecule has 2 atom stereocenters. The van der Waals surface area contributed by atoms with Gasteiger partial charge in [-0.05, 0) is 49.6 Å². The van der Waals surface area contributed by atoms with Gasteiger partial charge in [-0.15, -0.1) is 6.58 Å². The molecule has 2 nitrogen and oxygen atoms in total. The molecule has 2 rings (SSSR count). The third kappa shape index (κ3) is 4.79. The third-order valence-corrected chi connectivity index (χ3v) is 4.39. The zero-order valence-corrected chi connectivity index (χ0v) is 14.1. The largest absolute Gasteiger partial charge is 0.321 e. The number of nitrogens with one attached hydrogen (secondary N) is 1. The Balaban J connectivity index is 1.99. The van der Waals surface area contributed by atoms with Gasteiger partial charge >= 0.3 is 0 Å². The summed E-state index contributed by atoms with van der Waals surface area (Å²) in [5, 5.41) is 3.48. The normalized spacial score (nSPS) is 14.8. The number of halogens is 1. The molecule has 0 aliphatic heterocycles. The van der Waals surface area contributed by atoms with Crippen LogP contribution in [0.3, 0.4) is 0 Å². The van der Waals surface area contributed by atoms with E-state index in [1.165, 1.54) is 17.7 Å². The van der Waals surface area contributed by atoms with Crippen LogP contribution in [0.15, 0.2) is 61.2 Å². The highest BCUT2D eigenvalue weighted by Gasteiger charge is 2.25. The average molecular weight is 322 g/mol. The summed E-state index contributed by atoms with van der Waals surface area (Å²) >= 11 is 0. The Kier molecular flexibility index (Phi) is 6.35. The average Bonchev–Trinajstić information content (AvgIpc) is 2.56. The highest BCUT2D eigenvalue weighted by atomic mass is 19.1. The monoisotopic (exact) mass is 322 g/mol. The van der Waals surface area contributed by atoms with E-state index in [9.17, 15) is 4.39 Å². The fourth-order valence-electron chi connectivity index (χ4n) is 2.82. The summed E-state index contributed by atoms with van der Waals surface area (Å²) < 4.78 is 13.2. The van der Waals surface area contributed by atoms with Crippen molar-refractivity contribution >= 4 is 13.3 Å². The smallest absolute Gasteiger partial charge is 0.123 e. The van der Waals surface area contributed by atoms with Gasteiger partial charge in [-0.3, -0.25) is 0 Å². The Morgan fingerprint density at radius 1 is 1.21 bits per heavy atom. The quantitative estimate of drug-likeness (QED) is 0.579. The van der Waals surface area contributed by atoms with Crippen LogP contribution in [0.4, 0.5) is 4.39 Å². The van der Waals surface area contributed by atoms with Gasteiger partial charge in [-0.2, -0.15) is 0 Å². The molecule has 0 amide bonds. The molecule has 0 bridgehead atoms. The van der Waals surface area contributed by atoms with E-state index < -0.39 is 5.54 Å². The lowest BCUT2D eigenvalue weighted by Gasteiger charge is -2.30. The topological polar surface area (TPSA) is 38.0 Å². The first-order chi connectivity index (χ1) is 11.4. The highest BCUT2D eigenvalue weighted by Crippen LogP contribution is 2.26. The third-order valence-electron chi connectivity index (χ3n) is 4.39. The van der Waals surface area contributed by atoms with Gasteiger partial charge in [0.05, 0.1) is 0 Å². The van der Waals surface area contributed by atoms with Crippen LogP contribution in [0, 0.1) is 5.82 Å². The number of rotatable bonds is 8. The number of benzene rings is 2. The molecule has 3 N–H and O–H groups in total. The van der Waals surface area contributed by atoms with Crippen LogP contribution in [0.1, 0.15) is 36.9 Å². The Morgan fingerprint density at radius 2 is 1.83 bits per heavy atom. The van der Waals surface area contributed by atoms with Gasteiger partial charge in [-0.25, -0.2) is 4.39 Å². The molecule has 0 heterocycles. The molecule has 4 heteroatoms. The first-order valence-corrected chi connectivity index (χ1v) is 8.19. The number of hydrogen-bond acceptors (Lipinski definition) is 2. The maximum absolute atomic E-state index is 13.2. The number of nitrogens with two attached hydrogens (primary N) is 1. The summed E-state index contributed by atoms with van der Waals surface area (Å²) in [7, 11) is 5.72. The first kappa shape index (κ1) is 18.4. The van der Waals surface area contributed by atoms with Gasteiger partial charge in [0.25, 0.3) is 0 Å². The van der Waals surface area contributed by atoms with Crippen molar-refractivity contribution in [3.8, 4) is 0 Å². The first-order valence-electron chi connectivity index (χ1n) is 8.19.